The van der Waals surface area contributed by atoms with Crippen LogP contribution in [0, 0.1) is 6.92 Å². The van der Waals surface area contributed by atoms with Crippen LogP contribution in [-0.2, 0) is 13.1 Å². The molecule has 0 saturated heterocycles. The zero-order chi connectivity index (χ0) is 18.5. The number of hydrogen-bond donors (Lipinski definition) is 2. The molecule has 0 amide bonds. The molecular formula is C20H19N5OS. The summed E-state index contributed by atoms with van der Waals surface area (Å²) in [5, 5.41) is 11.7. The highest BCUT2D eigenvalue weighted by Gasteiger charge is 2.08. The smallest absolute Gasteiger partial charge is 0.187 e. The maximum atomic E-state index is 5.38. The number of para-hydroxylation sites is 1. The number of anilines is 2. The summed E-state index contributed by atoms with van der Waals surface area (Å²) in [6.07, 6.45) is 3.63. The van der Waals surface area contributed by atoms with Gasteiger partial charge < -0.3 is 15.2 Å². The first-order chi connectivity index (χ1) is 13.3. The van der Waals surface area contributed by atoms with E-state index in [1.54, 1.807) is 17.5 Å². The van der Waals surface area contributed by atoms with Gasteiger partial charge in [0.05, 0.1) is 12.2 Å². The van der Waals surface area contributed by atoms with E-state index in [4.69, 9.17) is 4.52 Å². The van der Waals surface area contributed by atoms with Crippen molar-refractivity contribution in [1.29, 1.82) is 0 Å². The molecule has 6 nitrogen and oxygen atoms in total. The number of nitrogens with one attached hydrogen (secondary N) is 2. The molecule has 7 heteroatoms. The van der Waals surface area contributed by atoms with Crippen molar-refractivity contribution in [2.45, 2.75) is 20.0 Å². The molecule has 2 N–H and O–H groups in total. The van der Waals surface area contributed by atoms with Crippen LogP contribution in [0.2, 0.25) is 0 Å². The third-order valence-electron chi connectivity index (χ3n) is 4.02. The lowest BCUT2D eigenvalue weighted by atomic mass is 10.2. The molecule has 0 atom stereocenters. The number of hydrogen-bond acceptors (Lipinski definition) is 7. The standard InChI is InChI=1S/C20H19N5OS/c1-14-6-2-3-7-17(14)24-20-23-13-16(27-20)12-21-11-15-10-19(25-26-15)18-8-4-5-9-22-18/h2-10,13,21H,11-12H2,1H3,(H,23,24). The number of aromatic nitrogens is 3. The first kappa shape index (κ1) is 17.4. The van der Waals surface area contributed by atoms with Gasteiger partial charge in [-0.05, 0) is 30.7 Å². The summed E-state index contributed by atoms with van der Waals surface area (Å²) in [7, 11) is 0. The monoisotopic (exact) mass is 377 g/mol. The maximum absolute atomic E-state index is 5.38. The number of benzene rings is 1. The first-order valence-electron chi connectivity index (χ1n) is 8.63. The van der Waals surface area contributed by atoms with E-state index in [1.807, 2.05) is 42.6 Å². The van der Waals surface area contributed by atoms with E-state index in [1.165, 1.54) is 5.56 Å². The Labute approximate surface area is 161 Å². The molecule has 0 spiro atoms. The lowest BCUT2D eigenvalue weighted by molar-refractivity contribution is 0.374. The molecule has 0 aliphatic rings. The molecule has 0 aliphatic heterocycles. The molecule has 3 aromatic heterocycles. The van der Waals surface area contributed by atoms with Crippen LogP contribution in [0.1, 0.15) is 16.2 Å². The molecule has 0 radical (unpaired) electrons. The molecule has 0 saturated carbocycles. The predicted molar refractivity (Wildman–Crippen MR) is 107 cm³/mol. The molecule has 0 aliphatic carbocycles. The quantitative estimate of drug-likeness (QED) is 0.493. The van der Waals surface area contributed by atoms with Crippen molar-refractivity contribution in [2.75, 3.05) is 5.32 Å². The average molecular weight is 377 g/mol. The van der Waals surface area contributed by atoms with Crippen LogP contribution < -0.4 is 10.6 Å². The fourth-order valence-corrected chi connectivity index (χ4v) is 3.41. The lowest BCUT2D eigenvalue weighted by Crippen LogP contribution is -2.11. The second-order valence-corrected chi connectivity index (χ2v) is 7.18. The Morgan fingerprint density at radius 2 is 1.89 bits per heavy atom. The Balaban J connectivity index is 1.31. The first-order valence-corrected chi connectivity index (χ1v) is 9.44. The zero-order valence-electron chi connectivity index (χ0n) is 14.8. The summed E-state index contributed by atoms with van der Waals surface area (Å²) in [6, 6.07) is 15.8. The van der Waals surface area contributed by atoms with Crippen LogP contribution in [0.15, 0.2) is 65.4 Å². The van der Waals surface area contributed by atoms with E-state index in [9.17, 15) is 0 Å². The fourth-order valence-electron chi connectivity index (χ4n) is 2.62. The summed E-state index contributed by atoms with van der Waals surface area (Å²) in [5.41, 5.74) is 3.83. The van der Waals surface area contributed by atoms with Gasteiger partial charge in [0, 0.05) is 35.6 Å². The van der Waals surface area contributed by atoms with Gasteiger partial charge in [-0.3, -0.25) is 4.98 Å². The van der Waals surface area contributed by atoms with E-state index >= 15 is 0 Å². The van der Waals surface area contributed by atoms with Crippen LogP contribution in [0.4, 0.5) is 10.8 Å². The largest absolute Gasteiger partial charge is 0.359 e. The van der Waals surface area contributed by atoms with Gasteiger partial charge in [0.15, 0.2) is 10.9 Å². The van der Waals surface area contributed by atoms with E-state index in [2.05, 4.69) is 44.8 Å². The van der Waals surface area contributed by atoms with Gasteiger partial charge in [-0.1, -0.05) is 29.4 Å². The molecule has 4 aromatic rings. The Bertz CT molecular complexity index is 1010. The predicted octanol–water partition coefficient (Wildman–Crippen LogP) is 4.53. The van der Waals surface area contributed by atoms with Crippen LogP contribution in [-0.4, -0.2) is 15.1 Å². The van der Waals surface area contributed by atoms with Gasteiger partial charge in [0.1, 0.15) is 5.69 Å². The Kier molecular flexibility index (Phi) is 5.22. The molecular weight excluding hydrogens is 358 g/mol. The van der Waals surface area contributed by atoms with Crippen molar-refractivity contribution in [3.63, 3.8) is 0 Å². The van der Waals surface area contributed by atoms with E-state index in [-0.39, 0.29) is 0 Å². The van der Waals surface area contributed by atoms with Crippen molar-refractivity contribution < 1.29 is 4.52 Å². The van der Waals surface area contributed by atoms with Gasteiger partial charge in [-0.2, -0.15) is 0 Å². The highest BCUT2D eigenvalue weighted by molar-refractivity contribution is 7.15. The summed E-state index contributed by atoms with van der Waals surface area (Å²) in [4.78, 5) is 9.87. The minimum absolute atomic E-state index is 0.596. The van der Waals surface area contributed by atoms with Crippen molar-refractivity contribution in [1.82, 2.24) is 20.4 Å². The number of aryl methyl sites for hydroxylation is 1. The van der Waals surface area contributed by atoms with E-state index < -0.39 is 0 Å². The van der Waals surface area contributed by atoms with Gasteiger partial charge in [-0.15, -0.1) is 11.3 Å². The Morgan fingerprint density at radius 3 is 2.74 bits per heavy atom. The van der Waals surface area contributed by atoms with Crippen molar-refractivity contribution in [3.05, 3.63) is 77.1 Å². The van der Waals surface area contributed by atoms with Crippen molar-refractivity contribution in [3.8, 4) is 11.4 Å². The zero-order valence-corrected chi connectivity index (χ0v) is 15.7. The van der Waals surface area contributed by atoms with Crippen molar-refractivity contribution >= 4 is 22.2 Å². The highest BCUT2D eigenvalue weighted by Crippen LogP contribution is 2.24. The Hall–Kier alpha value is -3.03. The molecule has 1 aromatic carbocycles. The normalized spacial score (nSPS) is 10.9. The van der Waals surface area contributed by atoms with Gasteiger partial charge in [0.25, 0.3) is 0 Å². The number of nitrogens with zero attached hydrogens (tertiary/aromatic N) is 3. The van der Waals surface area contributed by atoms with E-state index in [0.717, 1.165) is 32.8 Å². The molecule has 3 heterocycles. The number of rotatable bonds is 7. The minimum atomic E-state index is 0.596. The van der Waals surface area contributed by atoms with Crippen LogP contribution >= 0.6 is 11.3 Å². The third kappa shape index (κ3) is 4.39. The topological polar surface area (TPSA) is 75.9 Å². The summed E-state index contributed by atoms with van der Waals surface area (Å²) in [5.74, 6) is 0.776. The second kappa shape index (κ2) is 8.11. The van der Waals surface area contributed by atoms with Crippen LogP contribution in [0.3, 0.4) is 0 Å². The molecule has 4 rings (SSSR count). The summed E-state index contributed by atoms with van der Waals surface area (Å²) < 4.78 is 5.38. The number of pyridine rings is 1. The average Bonchev–Trinajstić information content (AvgIpc) is 3.34. The minimum Gasteiger partial charge on any atom is -0.359 e. The Morgan fingerprint density at radius 1 is 1.00 bits per heavy atom. The van der Waals surface area contributed by atoms with Crippen LogP contribution in [0.25, 0.3) is 11.4 Å². The maximum Gasteiger partial charge on any atom is 0.187 e. The van der Waals surface area contributed by atoms with E-state index in [0.29, 0.717) is 13.1 Å². The molecule has 0 fully saturated rings. The van der Waals surface area contributed by atoms with Crippen LogP contribution in [0.5, 0.6) is 0 Å². The second-order valence-electron chi connectivity index (χ2n) is 6.07. The molecule has 136 valence electrons. The fraction of sp³-hybridized carbons (Fsp3) is 0.150. The number of thiazole rings is 1. The molecule has 0 bridgehead atoms. The summed E-state index contributed by atoms with van der Waals surface area (Å²) >= 11 is 1.63. The summed E-state index contributed by atoms with van der Waals surface area (Å²) in [6.45, 7) is 3.39. The van der Waals surface area contributed by atoms with Gasteiger partial charge in [0.2, 0.25) is 0 Å². The SMILES string of the molecule is Cc1ccccc1Nc1ncc(CNCc2cc(-c3ccccn3)no2)s1. The lowest BCUT2D eigenvalue weighted by Gasteiger charge is -2.05. The molecule has 0 unspecified atom stereocenters. The van der Waals surface area contributed by atoms with Crippen molar-refractivity contribution in [2.24, 2.45) is 0 Å². The highest BCUT2D eigenvalue weighted by atomic mass is 32.1. The molecule has 27 heavy (non-hydrogen) atoms. The van der Waals surface area contributed by atoms with Gasteiger partial charge >= 0.3 is 0 Å². The third-order valence-corrected chi connectivity index (χ3v) is 4.94. The van der Waals surface area contributed by atoms with Gasteiger partial charge in [-0.25, -0.2) is 4.98 Å².